The first kappa shape index (κ1) is 10.8. The number of esters is 1. The summed E-state index contributed by atoms with van der Waals surface area (Å²) in [5.74, 6) is -0.252. The van der Waals surface area contributed by atoms with Crippen LogP contribution in [-0.4, -0.2) is 17.6 Å². The Bertz CT molecular complexity index is 315. The van der Waals surface area contributed by atoms with Gasteiger partial charge in [-0.15, -0.1) is 0 Å². The molecule has 14 heavy (non-hydrogen) atoms. The van der Waals surface area contributed by atoms with E-state index < -0.39 is 0 Å². The second-order valence-corrected chi connectivity index (χ2v) is 3.21. The van der Waals surface area contributed by atoms with Crippen LogP contribution in [0.25, 0.3) is 0 Å². The molecule has 3 heteroatoms. The van der Waals surface area contributed by atoms with Gasteiger partial charge in [-0.25, -0.2) is 4.79 Å². The number of hydrogen-bond acceptors (Lipinski definition) is 2. The van der Waals surface area contributed by atoms with Crippen LogP contribution in [0.5, 0.6) is 0 Å². The van der Waals surface area contributed by atoms with Crippen molar-refractivity contribution < 1.29 is 9.53 Å². The van der Waals surface area contributed by atoms with Gasteiger partial charge in [-0.3, -0.25) is 0 Å². The third-order valence-corrected chi connectivity index (χ3v) is 2.28. The molecule has 0 aliphatic heterocycles. The summed E-state index contributed by atoms with van der Waals surface area (Å²) in [5, 5.41) is 0. The van der Waals surface area contributed by atoms with E-state index in [2.05, 4.69) is 13.8 Å². The normalized spacial score (nSPS) is 10.2. The molecule has 0 aromatic carbocycles. The van der Waals surface area contributed by atoms with E-state index in [9.17, 15) is 4.79 Å². The third kappa shape index (κ3) is 1.97. The van der Waals surface area contributed by atoms with Crippen LogP contribution < -0.4 is 0 Å². The van der Waals surface area contributed by atoms with Crippen LogP contribution in [0.3, 0.4) is 0 Å². The highest BCUT2D eigenvalue weighted by Gasteiger charge is 2.13. The Labute approximate surface area is 84.7 Å². The quantitative estimate of drug-likeness (QED) is 0.690. The minimum Gasteiger partial charge on any atom is -0.464 e. The van der Waals surface area contributed by atoms with Gasteiger partial charge < -0.3 is 9.30 Å². The fourth-order valence-electron chi connectivity index (χ4n) is 1.59. The Morgan fingerprint density at radius 3 is 2.64 bits per heavy atom. The molecule has 0 atom stereocenters. The lowest BCUT2D eigenvalue weighted by Gasteiger charge is -2.09. The van der Waals surface area contributed by atoms with Crippen LogP contribution in [0.2, 0.25) is 0 Å². The molecule has 78 valence electrons. The Morgan fingerprint density at radius 2 is 2.14 bits per heavy atom. The Hall–Kier alpha value is -1.25. The maximum atomic E-state index is 11.4. The summed E-state index contributed by atoms with van der Waals surface area (Å²) in [6.45, 7) is 5.06. The fourth-order valence-corrected chi connectivity index (χ4v) is 1.59. The van der Waals surface area contributed by atoms with Gasteiger partial charge in [0.1, 0.15) is 5.69 Å². The van der Waals surface area contributed by atoms with Gasteiger partial charge in [0.05, 0.1) is 7.11 Å². The topological polar surface area (TPSA) is 31.2 Å². The SMILES string of the molecule is CCCn1c(CC)ccc1C(=O)OC. The number of ether oxygens (including phenoxy) is 1. The van der Waals surface area contributed by atoms with Gasteiger partial charge in [0.25, 0.3) is 0 Å². The summed E-state index contributed by atoms with van der Waals surface area (Å²) in [6.07, 6.45) is 1.96. The van der Waals surface area contributed by atoms with Crippen molar-refractivity contribution >= 4 is 5.97 Å². The van der Waals surface area contributed by atoms with Gasteiger partial charge in [-0.05, 0) is 25.0 Å². The largest absolute Gasteiger partial charge is 0.464 e. The first-order valence-corrected chi connectivity index (χ1v) is 5.01. The summed E-state index contributed by atoms with van der Waals surface area (Å²) in [4.78, 5) is 11.4. The summed E-state index contributed by atoms with van der Waals surface area (Å²) >= 11 is 0. The number of carbonyl (C=O) groups is 1. The summed E-state index contributed by atoms with van der Waals surface area (Å²) in [6, 6.07) is 3.82. The van der Waals surface area contributed by atoms with Crippen molar-refractivity contribution in [3.05, 3.63) is 23.5 Å². The van der Waals surface area contributed by atoms with Gasteiger partial charge >= 0.3 is 5.97 Å². The third-order valence-electron chi connectivity index (χ3n) is 2.28. The van der Waals surface area contributed by atoms with Crippen molar-refractivity contribution in [1.29, 1.82) is 0 Å². The lowest BCUT2D eigenvalue weighted by Crippen LogP contribution is -2.12. The molecular formula is C11H17NO2. The van der Waals surface area contributed by atoms with Crippen molar-refractivity contribution in [1.82, 2.24) is 4.57 Å². The maximum absolute atomic E-state index is 11.4. The van der Waals surface area contributed by atoms with Crippen molar-refractivity contribution in [2.45, 2.75) is 33.2 Å². The highest BCUT2D eigenvalue weighted by molar-refractivity contribution is 5.87. The van der Waals surface area contributed by atoms with E-state index in [1.807, 2.05) is 16.7 Å². The van der Waals surface area contributed by atoms with Gasteiger partial charge in [0.15, 0.2) is 0 Å². The molecule has 0 amide bonds. The van der Waals surface area contributed by atoms with Gasteiger partial charge in [-0.1, -0.05) is 13.8 Å². The molecule has 1 aromatic rings. The van der Waals surface area contributed by atoms with Gasteiger partial charge in [-0.2, -0.15) is 0 Å². The smallest absolute Gasteiger partial charge is 0.354 e. The molecule has 0 aliphatic carbocycles. The zero-order valence-electron chi connectivity index (χ0n) is 9.04. The standard InChI is InChI=1S/C11H17NO2/c1-4-8-12-9(5-2)6-7-10(12)11(13)14-3/h6-7H,4-5,8H2,1-3H3. The van der Waals surface area contributed by atoms with E-state index in [0.717, 1.165) is 19.4 Å². The predicted octanol–water partition coefficient (Wildman–Crippen LogP) is 2.25. The monoisotopic (exact) mass is 195 g/mol. The second kappa shape index (κ2) is 4.84. The van der Waals surface area contributed by atoms with Crippen LogP contribution in [0.1, 0.15) is 36.5 Å². The fraction of sp³-hybridized carbons (Fsp3) is 0.545. The van der Waals surface area contributed by atoms with E-state index in [1.54, 1.807) is 0 Å². The number of hydrogen-bond donors (Lipinski definition) is 0. The summed E-state index contributed by atoms with van der Waals surface area (Å²) < 4.78 is 6.75. The first-order valence-electron chi connectivity index (χ1n) is 5.01. The number of nitrogens with zero attached hydrogens (tertiary/aromatic N) is 1. The average molecular weight is 195 g/mol. The maximum Gasteiger partial charge on any atom is 0.354 e. The van der Waals surface area contributed by atoms with Crippen molar-refractivity contribution in [3.8, 4) is 0 Å². The van der Waals surface area contributed by atoms with Crippen LogP contribution >= 0.6 is 0 Å². The summed E-state index contributed by atoms with van der Waals surface area (Å²) in [7, 11) is 1.41. The molecule has 1 heterocycles. The molecular weight excluding hydrogens is 178 g/mol. The molecule has 0 fully saturated rings. The number of rotatable bonds is 4. The molecule has 0 aliphatic rings. The first-order chi connectivity index (χ1) is 6.74. The van der Waals surface area contributed by atoms with E-state index in [4.69, 9.17) is 4.74 Å². The van der Waals surface area contributed by atoms with Gasteiger partial charge in [0, 0.05) is 12.2 Å². The predicted molar refractivity (Wildman–Crippen MR) is 55.4 cm³/mol. The molecule has 0 spiro atoms. The molecule has 0 bridgehead atoms. The zero-order valence-corrected chi connectivity index (χ0v) is 9.04. The molecule has 3 nitrogen and oxygen atoms in total. The van der Waals surface area contributed by atoms with Crippen LogP contribution in [0, 0.1) is 0 Å². The minimum absolute atomic E-state index is 0.252. The van der Waals surface area contributed by atoms with Crippen molar-refractivity contribution in [2.75, 3.05) is 7.11 Å². The van der Waals surface area contributed by atoms with Crippen LogP contribution in [0.4, 0.5) is 0 Å². The number of methoxy groups -OCH3 is 1. The van der Waals surface area contributed by atoms with E-state index in [1.165, 1.54) is 12.8 Å². The summed E-state index contributed by atoms with van der Waals surface area (Å²) in [5.41, 5.74) is 1.85. The molecule has 1 aromatic heterocycles. The number of aromatic nitrogens is 1. The molecule has 0 N–H and O–H groups in total. The van der Waals surface area contributed by atoms with E-state index >= 15 is 0 Å². The zero-order chi connectivity index (χ0) is 10.6. The molecule has 1 rings (SSSR count). The van der Waals surface area contributed by atoms with E-state index in [-0.39, 0.29) is 5.97 Å². The molecule has 0 saturated carbocycles. The number of carbonyl (C=O) groups excluding carboxylic acids is 1. The van der Waals surface area contributed by atoms with Crippen molar-refractivity contribution in [3.63, 3.8) is 0 Å². The van der Waals surface area contributed by atoms with Crippen LogP contribution in [-0.2, 0) is 17.7 Å². The molecule has 0 radical (unpaired) electrons. The highest BCUT2D eigenvalue weighted by Crippen LogP contribution is 2.12. The number of aryl methyl sites for hydroxylation is 1. The average Bonchev–Trinajstić information content (AvgIpc) is 2.60. The van der Waals surface area contributed by atoms with Gasteiger partial charge in [0.2, 0.25) is 0 Å². The van der Waals surface area contributed by atoms with E-state index in [0.29, 0.717) is 5.69 Å². The molecule has 0 saturated heterocycles. The molecule has 0 unspecified atom stereocenters. The Morgan fingerprint density at radius 1 is 1.43 bits per heavy atom. The van der Waals surface area contributed by atoms with Crippen LogP contribution in [0.15, 0.2) is 12.1 Å². The highest BCUT2D eigenvalue weighted by atomic mass is 16.5. The second-order valence-electron chi connectivity index (χ2n) is 3.21. The minimum atomic E-state index is -0.252. The van der Waals surface area contributed by atoms with Crippen molar-refractivity contribution in [2.24, 2.45) is 0 Å². The Balaban J connectivity index is 3.03. The lowest BCUT2D eigenvalue weighted by molar-refractivity contribution is 0.0588. The lowest BCUT2D eigenvalue weighted by atomic mass is 10.3. The Kier molecular flexibility index (Phi) is 3.74.